The van der Waals surface area contributed by atoms with Gasteiger partial charge in [-0.15, -0.1) is 0 Å². The summed E-state index contributed by atoms with van der Waals surface area (Å²) >= 11 is 5.32. The van der Waals surface area contributed by atoms with Gasteiger partial charge in [-0.1, -0.05) is 0 Å². The van der Waals surface area contributed by atoms with Crippen LogP contribution in [0.25, 0.3) is 0 Å². The molecule has 15 heavy (non-hydrogen) atoms. The van der Waals surface area contributed by atoms with Crippen molar-refractivity contribution in [3.8, 4) is 5.75 Å². The molecule has 1 aromatic rings. The van der Waals surface area contributed by atoms with Crippen molar-refractivity contribution in [2.75, 3.05) is 27.2 Å². The van der Waals surface area contributed by atoms with Gasteiger partial charge in [-0.25, -0.2) is 0 Å². The van der Waals surface area contributed by atoms with E-state index in [4.69, 9.17) is 16.3 Å². The monoisotopic (exact) mass is 227 g/mol. The van der Waals surface area contributed by atoms with Crippen molar-refractivity contribution in [3.63, 3.8) is 0 Å². The maximum Gasteiger partial charge on any atom is 0.252 e. The summed E-state index contributed by atoms with van der Waals surface area (Å²) in [7, 11) is 3.97. The lowest BCUT2D eigenvalue weighted by atomic mass is 10.2. The van der Waals surface area contributed by atoms with Gasteiger partial charge in [0, 0.05) is 12.1 Å². The van der Waals surface area contributed by atoms with E-state index in [0.29, 0.717) is 12.2 Å². The lowest BCUT2D eigenvalue weighted by molar-refractivity contribution is 0.108. The molecule has 0 aromatic heterocycles. The second-order valence-corrected chi connectivity index (χ2v) is 3.79. The Kier molecular flexibility index (Phi) is 4.59. The molecule has 0 radical (unpaired) electrons. The molecule has 82 valence electrons. The molecular formula is C11H14ClNO2. The zero-order valence-corrected chi connectivity index (χ0v) is 9.62. The third-order valence-electron chi connectivity index (χ3n) is 1.89. The standard InChI is InChI=1S/C11H14ClNO2/c1-13(2)7-8-15-10-5-3-9(4-6-10)11(12)14/h3-6H,7-8H2,1-2H3. The van der Waals surface area contributed by atoms with Crippen molar-refractivity contribution >= 4 is 16.8 Å². The minimum atomic E-state index is -0.449. The Morgan fingerprint density at radius 1 is 1.33 bits per heavy atom. The Labute approximate surface area is 94.6 Å². The number of benzene rings is 1. The average molecular weight is 228 g/mol. The first kappa shape index (κ1) is 12.0. The van der Waals surface area contributed by atoms with E-state index >= 15 is 0 Å². The second kappa shape index (κ2) is 5.73. The van der Waals surface area contributed by atoms with Gasteiger partial charge in [0.05, 0.1) is 0 Å². The molecule has 4 heteroatoms. The van der Waals surface area contributed by atoms with E-state index in [0.717, 1.165) is 12.3 Å². The third kappa shape index (κ3) is 4.32. The lowest BCUT2D eigenvalue weighted by Crippen LogP contribution is -2.19. The van der Waals surface area contributed by atoms with Gasteiger partial charge in [-0.3, -0.25) is 4.79 Å². The lowest BCUT2D eigenvalue weighted by Gasteiger charge is -2.10. The summed E-state index contributed by atoms with van der Waals surface area (Å²) in [5.74, 6) is 0.749. The van der Waals surface area contributed by atoms with E-state index in [2.05, 4.69) is 0 Å². The summed E-state index contributed by atoms with van der Waals surface area (Å²) in [6, 6.07) is 6.79. The van der Waals surface area contributed by atoms with Crippen molar-refractivity contribution in [1.29, 1.82) is 0 Å². The topological polar surface area (TPSA) is 29.5 Å². The summed E-state index contributed by atoms with van der Waals surface area (Å²) in [5, 5.41) is -0.449. The van der Waals surface area contributed by atoms with Crippen LogP contribution in [0.5, 0.6) is 5.75 Å². The van der Waals surface area contributed by atoms with Crippen LogP contribution >= 0.6 is 11.6 Å². The van der Waals surface area contributed by atoms with Crippen LogP contribution < -0.4 is 4.74 Å². The predicted molar refractivity (Wildman–Crippen MR) is 60.7 cm³/mol. The zero-order chi connectivity index (χ0) is 11.3. The van der Waals surface area contributed by atoms with Gasteiger partial charge in [0.2, 0.25) is 0 Å². The van der Waals surface area contributed by atoms with Gasteiger partial charge in [-0.05, 0) is 50.0 Å². The second-order valence-electron chi connectivity index (χ2n) is 3.45. The van der Waals surface area contributed by atoms with Gasteiger partial charge in [0.25, 0.3) is 5.24 Å². The molecule has 0 fully saturated rings. The Morgan fingerprint density at radius 2 is 1.93 bits per heavy atom. The van der Waals surface area contributed by atoms with Crippen molar-refractivity contribution in [1.82, 2.24) is 4.90 Å². The highest BCUT2D eigenvalue weighted by Crippen LogP contribution is 2.13. The summed E-state index contributed by atoms with van der Waals surface area (Å²) in [5.41, 5.74) is 0.483. The Bertz CT molecular complexity index is 322. The van der Waals surface area contributed by atoms with E-state index in [-0.39, 0.29) is 0 Å². The minimum absolute atomic E-state index is 0.449. The smallest absolute Gasteiger partial charge is 0.252 e. The quantitative estimate of drug-likeness (QED) is 0.721. The highest BCUT2D eigenvalue weighted by atomic mass is 35.5. The Balaban J connectivity index is 2.46. The molecule has 3 nitrogen and oxygen atoms in total. The van der Waals surface area contributed by atoms with Gasteiger partial charge in [0.1, 0.15) is 12.4 Å². The summed E-state index contributed by atoms with van der Waals surface area (Å²) in [6.07, 6.45) is 0. The third-order valence-corrected chi connectivity index (χ3v) is 2.11. The zero-order valence-electron chi connectivity index (χ0n) is 8.87. The molecule has 0 heterocycles. The number of ether oxygens (including phenoxy) is 1. The summed E-state index contributed by atoms with van der Waals surface area (Å²) in [6.45, 7) is 1.48. The SMILES string of the molecule is CN(C)CCOc1ccc(C(=O)Cl)cc1. The minimum Gasteiger partial charge on any atom is -0.492 e. The van der Waals surface area contributed by atoms with Gasteiger partial charge in [-0.2, -0.15) is 0 Å². The molecule has 0 saturated heterocycles. The van der Waals surface area contributed by atoms with E-state index in [1.165, 1.54) is 0 Å². The van der Waals surface area contributed by atoms with Gasteiger partial charge in [0.15, 0.2) is 0 Å². The van der Waals surface area contributed by atoms with Crippen molar-refractivity contribution in [2.45, 2.75) is 0 Å². The van der Waals surface area contributed by atoms with Crippen molar-refractivity contribution in [3.05, 3.63) is 29.8 Å². The Hall–Kier alpha value is -1.06. The van der Waals surface area contributed by atoms with Crippen LogP contribution in [0.2, 0.25) is 0 Å². The van der Waals surface area contributed by atoms with Crippen LogP contribution in [0.1, 0.15) is 10.4 Å². The van der Waals surface area contributed by atoms with Crippen LogP contribution in [0.15, 0.2) is 24.3 Å². The number of likely N-dealkylation sites (N-methyl/N-ethyl adjacent to an activating group) is 1. The van der Waals surface area contributed by atoms with E-state index in [9.17, 15) is 4.79 Å². The highest BCUT2D eigenvalue weighted by molar-refractivity contribution is 6.67. The molecule has 0 bridgehead atoms. The van der Waals surface area contributed by atoms with Crippen LogP contribution in [0.3, 0.4) is 0 Å². The van der Waals surface area contributed by atoms with Crippen molar-refractivity contribution < 1.29 is 9.53 Å². The van der Waals surface area contributed by atoms with Crippen LogP contribution in [0.4, 0.5) is 0 Å². The Morgan fingerprint density at radius 3 is 2.40 bits per heavy atom. The molecular weight excluding hydrogens is 214 g/mol. The van der Waals surface area contributed by atoms with Crippen LogP contribution in [-0.4, -0.2) is 37.4 Å². The fourth-order valence-electron chi connectivity index (χ4n) is 1.03. The molecule has 0 saturated carbocycles. The molecule has 0 atom stereocenters. The van der Waals surface area contributed by atoms with E-state index in [1.807, 2.05) is 19.0 Å². The molecule has 1 rings (SSSR count). The molecule has 0 spiro atoms. The molecule has 0 N–H and O–H groups in total. The van der Waals surface area contributed by atoms with E-state index < -0.39 is 5.24 Å². The van der Waals surface area contributed by atoms with Crippen LogP contribution in [0, 0.1) is 0 Å². The maximum absolute atomic E-state index is 10.8. The highest BCUT2D eigenvalue weighted by Gasteiger charge is 2.01. The van der Waals surface area contributed by atoms with Crippen LogP contribution in [-0.2, 0) is 0 Å². The number of halogens is 1. The normalized spacial score (nSPS) is 10.4. The van der Waals surface area contributed by atoms with Gasteiger partial charge >= 0.3 is 0 Å². The molecule has 0 amide bonds. The maximum atomic E-state index is 10.8. The number of carbonyl (C=O) groups is 1. The fourth-order valence-corrected chi connectivity index (χ4v) is 1.15. The number of nitrogens with zero attached hydrogens (tertiary/aromatic N) is 1. The number of hydrogen-bond acceptors (Lipinski definition) is 3. The number of rotatable bonds is 5. The fraction of sp³-hybridized carbons (Fsp3) is 0.364. The molecule has 0 unspecified atom stereocenters. The first-order chi connectivity index (χ1) is 7.09. The molecule has 0 aliphatic carbocycles. The molecule has 0 aliphatic heterocycles. The first-order valence-corrected chi connectivity index (χ1v) is 5.05. The number of hydrogen-bond donors (Lipinski definition) is 0. The largest absolute Gasteiger partial charge is 0.492 e. The summed E-state index contributed by atoms with van der Waals surface area (Å²) in [4.78, 5) is 12.8. The molecule has 0 aliphatic rings. The average Bonchev–Trinajstić information content (AvgIpc) is 2.18. The molecule has 1 aromatic carbocycles. The van der Waals surface area contributed by atoms with Gasteiger partial charge < -0.3 is 9.64 Å². The predicted octanol–water partition coefficient (Wildman–Crippen LogP) is 2.01. The summed E-state index contributed by atoms with van der Waals surface area (Å²) < 4.78 is 5.46. The van der Waals surface area contributed by atoms with E-state index in [1.54, 1.807) is 24.3 Å². The first-order valence-electron chi connectivity index (χ1n) is 4.67. The van der Waals surface area contributed by atoms with Crippen molar-refractivity contribution in [2.24, 2.45) is 0 Å². The number of carbonyl (C=O) groups excluding carboxylic acids is 1.